The quantitative estimate of drug-likeness (QED) is 0.513. The van der Waals surface area contributed by atoms with E-state index in [-0.39, 0.29) is 0 Å². The Bertz CT molecular complexity index is 1100. The molecule has 0 saturated heterocycles. The summed E-state index contributed by atoms with van der Waals surface area (Å²) >= 11 is 3.61. The van der Waals surface area contributed by atoms with Gasteiger partial charge in [-0.05, 0) is 35.3 Å². The van der Waals surface area contributed by atoms with Gasteiger partial charge in [-0.1, -0.05) is 6.92 Å². The number of aromatic nitrogens is 6. The number of H-pyrrole nitrogens is 1. The van der Waals surface area contributed by atoms with Crippen molar-refractivity contribution in [1.29, 1.82) is 0 Å². The molecule has 0 radical (unpaired) electrons. The highest BCUT2D eigenvalue weighted by Crippen LogP contribution is 2.34. The molecule has 4 heterocycles. The standard InChI is InChI=1S/C17H16BrN7O/c1-3-10-13(18)12-15(23-10)24-17(25-16(12)26-4-2)22-9-7-11-14(21-8-9)20-6-5-19-11/h5-8H,3-4H2,1-2H3,(H2,22,23,24,25). The molecule has 0 aliphatic rings. The van der Waals surface area contributed by atoms with Gasteiger partial charge in [-0.3, -0.25) is 4.98 Å². The molecular formula is C17H16BrN7O. The van der Waals surface area contributed by atoms with Crippen LogP contribution in [0, 0.1) is 0 Å². The predicted molar refractivity (Wildman–Crippen MR) is 103 cm³/mol. The second-order valence-corrected chi connectivity index (χ2v) is 6.32. The van der Waals surface area contributed by atoms with Gasteiger partial charge in [0.25, 0.3) is 0 Å². The second kappa shape index (κ2) is 6.83. The maximum atomic E-state index is 5.73. The molecule has 8 nitrogen and oxygen atoms in total. The van der Waals surface area contributed by atoms with Crippen molar-refractivity contribution in [2.45, 2.75) is 20.3 Å². The number of halogens is 1. The Morgan fingerprint density at radius 2 is 2.00 bits per heavy atom. The number of nitrogens with one attached hydrogen (secondary N) is 2. The molecule has 4 rings (SSSR count). The van der Waals surface area contributed by atoms with E-state index in [0.717, 1.165) is 27.7 Å². The molecule has 0 unspecified atom stereocenters. The summed E-state index contributed by atoms with van der Waals surface area (Å²) in [6.07, 6.45) is 5.76. The molecule has 2 N–H and O–H groups in total. The molecule has 0 saturated carbocycles. The summed E-state index contributed by atoms with van der Waals surface area (Å²) in [5.41, 5.74) is 3.77. The number of ether oxygens (including phenoxy) is 1. The van der Waals surface area contributed by atoms with Crippen LogP contribution in [0.2, 0.25) is 0 Å². The SMILES string of the molecule is CCOc1nc(Nc2cnc3nccnc3c2)nc2[nH]c(CC)c(Br)c12. The minimum absolute atomic E-state index is 0.419. The van der Waals surface area contributed by atoms with Gasteiger partial charge in [0.15, 0.2) is 5.65 Å². The molecule has 0 bridgehead atoms. The topological polar surface area (TPSA) is 102 Å². The largest absolute Gasteiger partial charge is 0.477 e. The Hall–Kier alpha value is -2.81. The van der Waals surface area contributed by atoms with E-state index in [9.17, 15) is 0 Å². The Labute approximate surface area is 157 Å². The Morgan fingerprint density at radius 3 is 2.81 bits per heavy atom. The summed E-state index contributed by atoms with van der Waals surface area (Å²) in [6.45, 7) is 4.51. The molecule has 4 aromatic rings. The average molecular weight is 414 g/mol. The number of pyridine rings is 1. The normalized spacial score (nSPS) is 11.2. The summed E-state index contributed by atoms with van der Waals surface area (Å²) in [5, 5.41) is 4.01. The number of fused-ring (bicyclic) bond motifs is 2. The molecule has 0 fully saturated rings. The molecule has 132 valence electrons. The fourth-order valence-electron chi connectivity index (χ4n) is 2.67. The first-order chi connectivity index (χ1) is 12.7. The fourth-order valence-corrected chi connectivity index (χ4v) is 3.41. The lowest BCUT2D eigenvalue weighted by Gasteiger charge is -2.09. The zero-order valence-electron chi connectivity index (χ0n) is 14.2. The summed E-state index contributed by atoms with van der Waals surface area (Å²) in [6, 6.07) is 1.85. The number of aryl methyl sites for hydroxylation is 1. The molecule has 0 atom stereocenters. The van der Waals surface area contributed by atoms with Crippen molar-refractivity contribution < 1.29 is 4.74 Å². The number of aromatic amines is 1. The maximum absolute atomic E-state index is 5.73. The smallest absolute Gasteiger partial charge is 0.232 e. The van der Waals surface area contributed by atoms with E-state index in [4.69, 9.17) is 4.74 Å². The zero-order chi connectivity index (χ0) is 18.1. The summed E-state index contributed by atoms with van der Waals surface area (Å²) in [4.78, 5) is 25.1. The van der Waals surface area contributed by atoms with Gasteiger partial charge in [-0.2, -0.15) is 9.97 Å². The van der Waals surface area contributed by atoms with Crippen molar-refractivity contribution >= 4 is 49.8 Å². The van der Waals surface area contributed by atoms with Gasteiger partial charge >= 0.3 is 0 Å². The Morgan fingerprint density at radius 1 is 1.15 bits per heavy atom. The van der Waals surface area contributed by atoms with Crippen LogP contribution in [0.15, 0.2) is 29.1 Å². The number of nitrogens with zero attached hydrogens (tertiary/aromatic N) is 5. The van der Waals surface area contributed by atoms with Gasteiger partial charge in [-0.25, -0.2) is 9.97 Å². The van der Waals surface area contributed by atoms with Crippen molar-refractivity contribution in [3.05, 3.63) is 34.8 Å². The Balaban J connectivity index is 1.77. The van der Waals surface area contributed by atoms with E-state index < -0.39 is 0 Å². The van der Waals surface area contributed by atoms with Gasteiger partial charge in [-0.15, -0.1) is 0 Å². The predicted octanol–water partition coefficient (Wildman–Crippen LogP) is 3.76. The highest BCUT2D eigenvalue weighted by Gasteiger charge is 2.17. The molecule has 0 aliphatic heterocycles. The third-order valence-electron chi connectivity index (χ3n) is 3.84. The van der Waals surface area contributed by atoms with Crippen molar-refractivity contribution in [3.8, 4) is 5.88 Å². The van der Waals surface area contributed by atoms with Crippen LogP contribution in [-0.4, -0.2) is 36.5 Å². The maximum Gasteiger partial charge on any atom is 0.232 e. The third-order valence-corrected chi connectivity index (χ3v) is 4.72. The summed E-state index contributed by atoms with van der Waals surface area (Å²) in [5.74, 6) is 0.943. The van der Waals surface area contributed by atoms with Crippen LogP contribution in [0.4, 0.5) is 11.6 Å². The molecule has 0 aliphatic carbocycles. The van der Waals surface area contributed by atoms with Gasteiger partial charge in [0.1, 0.15) is 11.2 Å². The van der Waals surface area contributed by atoms with Crippen LogP contribution in [-0.2, 0) is 6.42 Å². The molecule has 4 aromatic heterocycles. The van der Waals surface area contributed by atoms with Crippen molar-refractivity contribution in [3.63, 3.8) is 0 Å². The Kier molecular flexibility index (Phi) is 4.37. The molecule has 0 aromatic carbocycles. The van der Waals surface area contributed by atoms with E-state index >= 15 is 0 Å². The highest BCUT2D eigenvalue weighted by molar-refractivity contribution is 9.10. The minimum atomic E-state index is 0.419. The highest BCUT2D eigenvalue weighted by atomic mass is 79.9. The first kappa shape index (κ1) is 16.6. The lowest BCUT2D eigenvalue weighted by Crippen LogP contribution is -2.02. The molecule has 26 heavy (non-hydrogen) atoms. The minimum Gasteiger partial charge on any atom is -0.477 e. The lowest BCUT2D eigenvalue weighted by molar-refractivity contribution is 0.331. The molecule has 0 spiro atoms. The number of hydrogen-bond donors (Lipinski definition) is 2. The fraction of sp³-hybridized carbons (Fsp3) is 0.235. The van der Waals surface area contributed by atoms with Gasteiger partial charge < -0.3 is 15.0 Å². The summed E-state index contributed by atoms with van der Waals surface area (Å²) < 4.78 is 6.66. The van der Waals surface area contributed by atoms with Crippen molar-refractivity contribution in [1.82, 2.24) is 29.9 Å². The number of anilines is 2. The van der Waals surface area contributed by atoms with E-state index in [2.05, 4.69) is 58.1 Å². The zero-order valence-corrected chi connectivity index (χ0v) is 15.8. The third kappa shape index (κ3) is 2.94. The van der Waals surface area contributed by atoms with Crippen LogP contribution < -0.4 is 10.1 Å². The van der Waals surface area contributed by atoms with Gasteiger partial charge in [0.2, 0.25) is 11.8 Å². The average Bonchev–Trinajstić information content (AvgIpc) is 2.98. The van der Waals surface area contributed by atoms with Crippen LogP contribution in [0.25, 0.3) is 22.2 Å². The lowest BCUT2D eigenvalue weighted by atomic mass is 10.3. The van der Waals surface area contributed by atoms with Gasteiger partial charge in [0, 0.05) is 18.1 Å². The van der Waals surface area contributed by atoms with E-state index in [1.54, 1.807) is 18.6 Å². The van der Waals surface area contributed by atoms with E-state index in [0.29, 0.717) is 35.2 Å². The molecule has 0 amide bonds. The van der Waals surface area contributed by atoms with Crippen molar-refractivity contribution in [2.24, 2.45) is 0 Å². The summed E-state index contributed by atoms with van der Waals surface area (Å²) in [7, 11) is 0. The van der Waals surface area contributed by atoms with Crippen molar-refractivity contribution in [2.75, 3.05) is 11.9 Å². The molecule has 9 heteroatoms. The molecular weight excluding hydrogens is 398 g/mol. The number of rotatable bonds is 5. The van der Waals surface area contributed by atoms with Crippen LogP contribution in [0.3, 0.4) is 0 Å². The van der Waals surface area contributed by atoms with E-state index in [1.807, 2.05) is 13.0 Å². The number of hydrogen-bond acceptors (Lipinski definition) is 7. The van der Waals surface area contributed by atoms with Crippen LogP contribution in [0.5, 0.6) is 5.88 Å². The first-order valence-electron chi connectivity index (χ1n) is 8.24. The van der Waals surface area contributed by atoms with E-state index in [1.165, 1.54) is 0 Å². The first-order valence-corrected chi connectivity index (χ1v) is 9.03. The second-order valence-electron chi connectivity index (χ2n) is 5.53. The monoisotopic (exact) mass is 413 g/mol. The van der Waals surface area contributed by atoms with Crippen LogP contribution in [0.1, 0.15) is 19.5 Å². The van der Waals surface area contributed by atoms with Crippen LogP contribution >= 0.6 is 15.9 Å². The van der Waals surface area contributed by atoms with Gasteiger partial charge in [0.05, 0.1) is 28.4 Å².